The van der Waals surface area contributed by atoms with Crippen molar-refractivity contribution >= 4 is 0 Å². The Morgan fingerprint density at radius 2 is 1.62 bits per heavy atom. The Morgan fingerprint density at radius 3 is 2.00 bits per heavy atom. The second-order valence-electron chi connectivity index (χ2n) is 2.25. The maximum atomic E-state index is 12.5. The molecule has 0 aromatic heterocycles. The molecular weight excluding hydrogens is 195 g/mol. The summed E-state index contributed by atoms with van der Waals surface area (Å²) in [5.74, 6) is -4.97. The van der Waals surface area contributed by atoms with E-state index in [2.05, 4.69) is 0 Å². The molecule has 0 atom stereocenters. The Bertz CT molecular complexity index is 330. The molecular formula is C7H3F5O. The number of benzene rings is 1. The van der Waals surface area contributed by atoms with E-state index in [4.69, 9.17) is 5.11 Å². The predicted octanol–water partition coefficient (Wildman–Crippen LogP) is 2.69. The molecule has 0 aliphatic carbocycles. The highest BCUT2D eigenvalue weighted by Crippen LogP contribution is 2.36. The van der Waals surface area contributed by atoms with Crippen molar-refractivity contribution < 1.29 is 27.1 Å². The van der Waals surface area contributed by atoms with Crippen molar-refractivity contribution in [3.8, 4) is 5.75 Å². The van der Waals surface area contributed by atoms with Crippen LogP contribution >= 0.6 is 0 Å². The third kappa shape index (κ3) is 1.71. The van der Waals surface area contributed by atoms with Crippen molar-refractivity contribution in [3.05, 3.63) is 29.3 Å². The number of hydrogen-bond acceptors (Lipinski definition) is 1. The van der Waals surface area contributed by atoms with Crippen LogP contribution < -0.4 is 0 Å². The van der Waals surface area contributed by atoms with Crippen LogP contribution in [0.4, 0.5) is 22.0 Å². The molecule has 1 aromatic carbocycles. The lowest BCUT2D eigenvalue weighted by Gasteiger charge is -2.09. The molecule has 1 nitrogen and oxygen atoms in total. The Hall–Kier alpha value is -1.33. The van der Waals surface area contributed by atoms with E-state index in [1.54, 1.807) is 0 Å². The van der Waals surface area contributed by atoms with E-state index in [9.17, 15) is 22.0 Å². The zero-order chi connectivity index (χ0) is 10.2. The van der Waals surface area contributed by atoms with Gasteiger partial charge in [-0.15, -0.1) is 0 Å². The van der Waals surface area contributed by atoms with Gasteiger partial charge in [0, 0.05) is 0 Å². The topological polar surface area (TPSA) is 20.2 Å². The lowest BCUT2D eigenvalue weighted by atomic mass is 10.2. The van der Waals surface area contributed by atoms with E-state index in [0.717, 1.165) is 0 Å². The number of phenols is 1. The van der Waals surface area contributed by atoms with Gasteiger partial charge in [-0.3, -0.25) is 0 Å². The second kappa shape index (κ2) is 2.86. The Labute approximate surface area is 69.4 Å². The molecule has 6 heteroatoms. The van der Waals surface area contributed by atoms with Gasteiger partial charge < -0.3 is 5.11 Å². The van der Waals surface area contributed by atoms with E-state index in [1.165, 1.54) is 0 Å². The SMILES string of the molecule is Oc1ccc(F)c(C(F)(F)F)c1F. The zero-order valence-corrected chi connectivity index (χ0v) is 5.99. The molecule has 0 aliphatic heterocycles. The van der Waals surface area contributed by atoms with Gasteiger partial charge in [-0.2, -0.15) is 13.2 Å². The fourth-order valence-electron chi connectivity index (χ4n) is 0.801. The predicted molar refractivity (Wildman–Crippen MR) is 33.0 cm³/mol. The van der Waals surface area contributed by atoms with Gasteiger partial charge in [0.05, 0.1) is 0 Å². The minimum absolute atomic E-state index is 0.348. The molecule has 0 aliphatic rings. The third-order valence-corrected chi connectivity index (χ3v) is 1.35. The maximum Gasteiger partial charge on any atom is 0.422 e. The van der Waals surface area contributed by atoms with Crippen LogP contribution in [0.15, 0.2) is 12.1 Å². The fraction of sp³-hybridized carbons (Fsp3) is 0.143. The minimum Gasteiger partial charge on any atom is -0.505 e. The van der Waals surface area contributed by atoms with E-state index >= 15 is 0 Å². The number of phenolic OH excluding ortho intramolecular Hbond substituents is 1. The highest BCUT2D eigenvalue weighted by atomic mass is 19.4. The van der Waals surface area contributed by atoms with Gasteiger partial charge in [0.25, 0.3) is 0 Å². The lowest BCUT2D eigenvalue weighted by Crippen LogP contribution is -2.11. The average molecular weight is 198 g/mol. The highest BCUT2D eigenvalue weighted by molar-refractivity contribution is 5.32. The normalized spacial score (nSPS) is 11.8. The molecule has 13 heavy (non-hydrogen) atoms. The van der Waals surface area contributed by atoms with E-state index in [1.807, 2.05) is 0 Å². The van der Waals surface area contributed by atoms with Crippen LogP contribution in [0.5, 0.6) is 5.75 Å². The molecule has 0 fully saturated rings. The highest BCUT2D eigenvalue weighted by Gasteiger charge is 2.38. The molecule has 0 radical (unpaired) electrons. The van der Waals surface area contributed by atoms with Gasteiger partial charge in [-0.05, 0) is 12.1 Å². The number of rotatable bonds is 0. The standard InChI is InChI=1S/C7H3F5O/c8-3-1-2-4(13)6(9)5(3)7(10,11)12/h1-2,13H. The molecule has 0 unspecified atom stereocenters. The van der Waals surface area contributed by atoms with Crippen molar-refractivity contribution in [2.45, 2.75) is 6.18 Å². The molecule has 0 bridgehead atoms. The molecule has 0 saturated heterocycles. The molecule has 0 heterocycles. The monoisotopic (exact) mass is 198 g/mol. The second-order valence-corrected chi connectivity index (χ2v) is 2.25. The van der Waals surface area contributed by atoms with E-state index in [0.29, 0.717) is 12.1 Å². The molecule has 72 valence electrons. The summed E-state index contributed by atoms with van der Waals surface area (Å²) in [5.41, 5.74) is -2.08. The molecule has 0 spiro atoms. The largest absolute Gasteiger partial charge is 0.505 e. The summed E-state index contributed by atoms with van der Waals surface area (Å²) in [5, 5.41) is 8.55. The fourth-order valence-corrected chi connectivity index (χ4v) is 0.801. The number of alkyl halides is 3. The molecule has 1 rings (SSSR count). The first-order chi connectivity index (χ1) is 5.84. The van der Waals surface area contributed by atoms with E-state index in [-0.39, 0.29) is 0 Å². The zero-order valence-electron chi connectivity index (χ0n) is 5.99. The van der Waals surface area contributed by atoms with Gasteiger partial charge in [0.2, 0.25) is 0 Å². The van der Waals surface area contributed by atoms with Crippen LogP contribution in [-0.2, 0) is 6.18 Å². The summed E-state index contributed by atoms with van der Waals surface area (Å²) in [7, 11) is 0. The maximum absolute atomic E-state index is 12.5. The first-order valence-electron chi connectivity index (χ1n) is 3.08. The molecule has 0 saturated carbocycles. The smallest absolute Gasteiger partial charge is 0.422 e. The number of aromatic hydroxyl groups is 1. The minimum atomic E-state index is -5.15. The third-order valence-electron chi connectivity index (χ3n) is 1.35. The van der Waals surface area contributed by atoms with Crippen LogP contribution in [0.1, 0.15) is 5.56 Å². The van der Waals surface area contributed by atoms with Crippen LogP contribution in [-0.4, -0.2) is 5.11 Å². The molecule has 1 aromatic rings. The van der Waals surface area contributed by atoms with Crippen molar-refractivity contribution in [3.63, 3.8) is 0 Å². The van der Waals surface area contributed by atoms with Gasteiger partial charge in [0.15, 0.2) is 11.6 Å². The lowest BCUT2D eigenvalue weighted by molar-refractivity contribution is -0.142. The Morgan fingerprint density at radius 1 is 1.08 bits per heavy atom. The van der Waals surface area contributed by atoms with Crippen LogP contribution in [0, 0.1) is 11.6 Å². The van der Waals surface area contributed by atoms with Crippen LogP contribution in [0.25, 0.3) is 0 Å². The van der Waals surface area contributed by atoms with Crippen molar-refractivity contribution in [2.24, 2.45) is 0 Å². The first-order valence-corrected chi connectivity index (χ1v) is 3.08. The summed E-state index contributed by atoms with van der Waals surface area (Å²) in [6.07, 6.45) is -5.15. The average Bonchev–Trinajstić information content (AvgIpc) is 1.95. The summed E-state index contributed by atoms with van der Waals surface area (Å²) in [4.78, 5) is 0. The first kappa shape index (κ1) is 9.76. The van der Waals surface area contributed by atoms with Gasteiger partial charge in [-0.1, -0.05) is 0 Å². The van der Waals surface area contributed by atoms with Gasteiger partial charge in [0.1, 0.15) is 11.4 Å². The van der Waals surface area contributed by atoms with Crippen molar-refractivity contribution in [1.29, 1.82) is 0 Å². The summed E-state index contributed by atoms with van der Waals surface area (Å²) < 4.78 is 60.7. The number of hydrogen-bond donors (Lipinski definition) is 1. The van der Waals surface area contributed by atoms with Gasteiger partial charge >= 0.3 is 6.18 Å². The quantitative estimate of drug-likeness (QED) is 0.635. The summed E-state index contributed by atoms with van der Waals surface area (Å²) in [6, 6.07) is 0.862. The van der Waals surface area contributed by atoms with E-state index < -0.39 is 29.1 Å². The Kier molecular flexibility index (Phi) is 2.15. The number of halogens is 5. The van der Waals surface area contributed by atoms with Crippen LogP contribution in [0.3, 0.4) is 0 Å². The molecule has 0 amide bonds. The molecule has 1 N–H and O–H groups in total. The van der Waals surface area contributed by atoms with Crippen molar-refractivity contribution in [2.75, 3.05) is 0 Å². The van der Waals surface area contributed by atoms with Crippen molar-refractivity contribution in [1.82, 2.24) is 0 Å². The van der Waals surface area contributed by atoms with Gasteiger partial charge in [-0.25, -0.2) is 8.78 Å². The van der Waals surface area contributed by atoms with Crippen LogP contribution in [0.2, 0.25) is 0 Å². The summed E-state index contributed by atoms with van der Waals surface area (Å²) in [6.45, 7) is 0. The Balaban J connectivity index is 3.43. The summed E-state index contributed by atoms with van der Waals surface area (Å²) >= 11 is 0.